The Kier molecular flexibility index (Phi) is 4.48. The van der Waals surface area contributed by atoms with Gasteiger partial charge in [-0.25, -0.2) is 0 Å². The van der Waals surface area contributed by atoms with E-state index in [0.717, 1.165) is 5.92 Å². The van der Waals surface area contributed by atoms with Crippen molar-refractivity contribution in [2.24, 2.45) is 5.92 Å². The lowest BCUT2D eigenvalue weighted by Gasteiger charge is -2.52. The molecule has 1 aliphatic heterocycles. The topological polar surface area (TPSA) is 15.3 Å². The van der Waals surface area contributed by atoms with Gasteiger partial charge < -0.3 is 5.32 Å². The van der Waals surface area contributed by atoms with Crippen LogP contribution in [0.25, 0.3) is 0 Å². The van der Waals surface area contributed by atoms with Gasteiger partial charge in [0.15, 0.2) is 0 Å². The van der Waals surface area contributed by atoms with Gasteiger partial charge in [-0.3, -0.25) is 4.90 Å². The van der Waals surface area contributed by atoms with Gasteiger partial charge in [0.2, 0.25) is 0 Å². The molecule has 1 saturated carbocycles. The molecule has 1 aliphatic carbocycles. The highest BCUT2D eigenvalue weighted by atomic mass is 15.3. The van der Waals surface area contributed by atoms with Crippen molar-refractivity contribution in [3.8, 4) is 0 Å². The van der Waals surface area contributed by atoms with E-state index in [1.54, 1.807) is 0 Å². The van der Waals surface area contributed by atoms with E-state index in [-0.39, 0.29) is 0 Å². The Morgan fingerprint density at radius 2 is 1.94 bits per heavy atom. The van der Waals surface area contributed by atoms with Gasteiger partial charge in [0.25, 0.3) is 0 Å². The highest BCUT2D eigenvalue weighted by molar-refractivity contribution is 5.00. The fourth-order valence-corrected chi connectivity index (χ4v) is 3.76. The first-order valence-corrected chi connectivity index (χ1v) is 7.70. The second-order valence-corrected chi connectivity index (χ2v) is 6.20. The number of nitrogens with zero attached hydrogens (tertiary/aromatic N) is 1. The van der Waals surface area contributed by atoms with Crippen molar-refractivity contribution in [3.05, 3.63) is 0 Å². The maximum Gasteiger partial charge on any atom is 0.0334 e. The molecule has 100 valence electrons. The number of hydrogen-bond acceptors (Lipinski definition) is 2. The molecule has 1 heterocycles. The van der Waals surface area contributed by atoms with Crippen molar-refractivity contribution in [2.45, 2.75) is 70.9 Å². The summed E-state index contributed by atoms with van der Waals surface area (Å²) in [5.41, 5.74) is 0.511. The summed E-state index contributed by atoms with van der Waals surface area (Å²) in [7, 11) is 0. The third kappa shape index (κ3) is 2.68. The van der Waals surface area contributed by atoms with Crippen molar-refractivity contribution < 1.29 is 0 Å². The molecule has 2 atom stereocenters. The molecule has 0 radical (unpaired) electrons. The predicted molar refractivity (Wildman–Crippen MR) is 74.3 cm³/mol. The van der Waals surface area contributed by atoms with E-state index in [9.17, 15) is 0 Å². The molecule has 2 aliphatic rings. The second-order valence-electron chi connectivity index (χ2n) is 6.20. The Balaban J connectivity index is 2.02. The van der Waals surface area contributed by atoms with Crippen molar-refractivity contribution >= 4 is 0 Å². The smallest absolute Gasteiger partial charge is 0.0334 e. The highest BCUT2D eigenvalue weighted by Gasteiger charge is 2.41. The Morgan fingerprint density at radius 3 is 2.53 bits per heavy atom. The van der Waals surface area contributed by atoms with Gasteiger partial charge in [-0.1, -0.05) is 46.5 Å². The quantitative estimate of drug-likeness (QED) is 0.813. The fourth-order valence-electron chi connectivity index (χ4n) is 3.76. The summed E-state index contributed by atoms with van der Waals surface area (Å²) in [6, 6.07) is 0.715. The number of hydrogen-bond donors (Lipinski definition) is 1. The third-order valence-electron chi connectivity index (χ3n) is 5.28. The molecular formula is C15H30N2. The van der Waals surface area contributed by atoms with Crippen molar-refractivity contribution in [2.75, 3.05) is 19.6 Å². The third-order valence-corrected chi connectivity index (χ3v) is 5.28. The van der Waals surface area contributed by atoms with E-state index in [1.165, 1.54) is 58.2 Å². The summed E-state index contributed by atoms with van der Waals surface area (Å²) in [6.45, 7) is 10.8. The Morgan fingerprint density at radius 1 is 1.24 bits per heavy atom. The molecule has 0 aromatic rings. The van der Waals surface area contributed by atoms with Crippen LogP contribution < -0.4 is 5.32 Å². The molecule has 1 spiro atoms. The minimum absolute atomic E-state index is 0.511. The van der Waals surface area contributed by atoms with E-state index in [0.29, 0.717) is 11.6 Å². The standard InChI is InChI=1S/C15H30N2/c1-4-13(3)14-11-17(5-2)15(12-16-14)9-7-6-8-10-15/h13-14,16H,4-12H2,1-3H3. The molecular weight excluding hydrogens is 208 g/mol. The van der Waals surface area contributed by atoms with Crippen LogP contribution in [-0.2, 0) is 0 Å². The van der Waals surface area contributed by atoms with Crippen LogP contribution in [0, 0.1) is 5.92 Å². The molecule has 2 rings (SSSR count). The first-order chi connectivity index (χ1) is 8.22. The lowest BCUT2D eigenvalue weighted by Crippen LogP contribution is -2.66. The normalized spacial score (nSPS) is 31.6. The van der Waals surface area contributed by atoms with E-state index >= 15 is 0 Å². The SMILES string of the molecule is CCC(C)C1CN(CC)C2(CCCCC2)CN1. The molecule has 0 aromatic heterocycles. The summed E-state index contributed by atoms with van der Waals surface area (Å²) in [5.74, 6) is 0.810. The zero-order valence-electron chi connectivity index (χ0n) is 12.0. The molecule has 1 N–H and O–H groups in total. The molecule has 17 heavy (non-hydrogen) atoms. The van der Waals surface area contributed by atoms with E-state index in [4.69, 9.17) is 0 Å². The van der Waals surface area contributed by atoms with Crippen LogP contribution in [0.2, 0.25) is 0 Å². The monoisotopic (exact) mass is 238 g/mol. The van der Waals surface area contributed by atoms with Crippen molar-refractivity contribution in [3.63, 3.8) is 0 Å². The maximum absolute atomic E-state index is 3.85. The predicted octanol–water partition coefficient (Wildman–Crippen LogP) is 3.03. The van der Waals surface area contributed by atoms with Gasteiger partial charge in [-0.15, -0.1) is 0 Å². The Bertz CT molecular complexity index is 233. The molecule has 2 heteroatoms. The van der Waals surface area contributed by atoms with Crippen LogP contribution in [0.4, 0.5) is 0 Å². The average Bonchev–Trinajstić information content (AvgIpc) is 2.39. The van der Waals surface area contributed by atoms with Crippen LogP contribution in [0.3, 0.4) is 0 Å². The van der Waals surface area contributed by atoms with E-state index < -0.39 is 0 Å². The highest BCUT2D eigenvalue weighted by Crippen LogP contribution is 2.36. The molecule has 0 aromatic carbocycles. The summed E-state index contributed by atoms with van der Waals surface area (Å²) in [5, 5.41) is 3.85. The average molecular weight is 238 g/mol. The Hall–Kier alpha value is -0.0800. The van der Waals surface area contributed by atoms with Crippen LogP contribution in [0.1, 0.15) is 59.3 Å². The summed E-state index contributed by atoms with van der Waals surface area (Å²) >= 11 is 0. The summed E-state index contributed by atoms with van der Waals surface area (Å²) in [6.07, 6.45) is 8.46. The van der Waals surface area contributed by atoms with Crippen LogP contribution in [0.5, 0.6) is 0 Å². The zero-order valence-corrected chi connectivity index (χ0v) is 12.0. The largest absolute Gasteiger partial charge is 0.311 e. The molecule has 2 nitrogen and oxygen atoms in total. The number of likely N-dealkylation sites (N-methyl/N-ethyl adjacent to an activating group) is 1. The van der Waals surface area contributed by atoms with Crippen LogP contribution in [0.15, 0.2) is 0 Å². The van der Waals surface area contributed by atoms with Crippen LogP contribution >= 0.6 is 0 Å². The first kappa shape index (κ1) is 13.4. The molecule has 2 unspecified atom stereocenters. The Labute approximate surface area is 107 Å². The number of nitrogens with one attached hydrogen (secondary N) is 1. The number of rotatable bonds is 3. The minimum Gasteiger partial charge on any atom is -0.311 e. The van der Waals surface area contributed by atoms with Gasteiger partial charge in [0.05, 0.1) is 0 Å². The molecule has 1 saturated heterocycles. The second kappa shape index (κ2) is 5.71. The summed E-state index contributed by atoms with van der Waals surface area (Å²) in [4.78, 5) is 2.79. The fraction of sp³-hybridized carbons (Fsp3) is 1.00. The minimum atomic E-state index is 0.511. The molecule has 2 fully saturated rings. The lowest BCUT2D eigenvalue weighted by atomic mass is 9.77. The van der Waals surface area contributed by atoms with Crippen molar-refractivity contribution in [1.29, 1.82) is 0 Å². The van der Waals surface area contributed by atoms with Gasteiger partial charge in [0.1, 0.15) is 0 Å². The molecule has 0 bridgehead atoms. The van der Waals surface area contributed by atoms with E-state index in [1.807, 2.05) is 0 Å². The van der Waals surface area contributed by atoms with Crippen LogP contribution in [-0.4, -0.2) is 36.1 Å². The summed E-state index contributed by atoms with van der Waals surface area (Å²) < 4.78 is 0. The van der Waals surface area contributed by atoms with E-state index in [2.05, 4.69) is 31.0 Å². The maximum atomic E-state index is 3.85. The van der Waals surface area contributed by atoms with Crippen molar-refractivity contribution in [1.82, 2.24) is 10.2 Å². The van der Waals surface area contributed by atoms with Gasteiger partial charge in [-0.2, -0.15) is 0 Å². The lowest BCUT2D eigenvalue weighted by molar-refractivity contribution is 0.00455. The molecule has 0 amide bonds. The number of piperazine rings is 1. The van der Waals surface area contributed by atoms with Gasteiger partial charge in [-0.05, 0) is 25.3 Å². The zero-order chi connectivity index (χ0) is 12.3. The van der Waals surface area contributed by atoms with Gasteiger partial charge in [0, 0.05) is 24.7 Å². The first-order valence-electron chi connectivity index (χ1n) is 7.70. The van der Waals surface area contributed by atoms with Gasteiger partial charge >= 0.3 is 0 Å².